The predicted octanol–water partition coefficient (Wildman–Crippen LogP) is 3.23. The average molecular weight is 297 g/mol. The Kier molecular flexibility index (Phi) is 4.30. The van der Waals surface area contributed by atoms with Gasteiger partial charge in [-0.1, -0.05) is 49.9 Å². The van der Waals surface area contributed by atoms with Crippen LogP contribution in [0.25, 0.3) is 16.3 Å². The van der Waals surface area contributed by atoms with E-state index >= 15 is 0 Å². The van der Waals surface area contributed by atoms with Crippen LogP contribution in [0.3, 0.4) is 0 Å². The zero-order valence-corrected chi connectivity index (χ0v) is 13.2. The zero-order valence-electron chi connectivity index (χ0n) is 13.2. The zero-order chi connectivity index (χ0) is 15.7. The van der Waals surface area contributed by atoms with Gasteiger partial charge in [-0.15, -0.1) is 0 Å². The monoisotopic (exact) mass is 297 g/mol. The first-order chi connectivity index (χ1) is 10.6. The largest absolute Gasteiger partial charge is 0.379 e. The van der Waals surface area contributed by atoms with Crippen LogP contribution in [0.5, 0.6) is 0 Å². The van der Waals surface area contributed by atoms with Crippen LogP contribution in [0.2, 0.25) is 0 Å². The van der Waals surface area contributed by atoms with Crippen molar-refractivity contribution >= 4 is 16.3 Å². The number of rotatable bonds is 3. The van der Waals surface area contributed by atoms with E-state index in [1.54, 1.807) is 7.11 Å². The molecular formula is C19H23NO2. The summed E-state index contributed by atoms with van der Waals surface area (Å²) in [6.45, 7) is 6.98. The van der Waals surface area contributed by atoms with Gasteiger partial charge in [-0.2, -0.15) is 0 Å². The number of fused-ring (bicyclic) bond motifs is 1. The van der Waals surface area contributed by atoms with Crippen LogP contribution >= 0.6 is 0 Å². The Morgan fingerprint density at radius 2 is 1.95 bits per heavy atom. The van der Waals surface area contributed by atoms with Gasteiger partial charge < -0.3 is 15.2 Å². The topological polar surface area (TPSA) is 44.5 Å². The maximum absolute atomic E-state index is 6.36. The third-order valence-corrected chi connectivity index (χ3v) is 4.56. The van der Waals surface area contributed by atoms with Gasteiger partial charge in [0.25, 0.3) is 0 Å². The van der Waals surface area contributed by atoms with E-state index in [2.05, 4.69) is 43.8 Å². The van der Waals surface area contributed by atoms with Crippen molar-refractivity contribution in [3.05, 3.63) is 54.6 Å². The molecule has 1 aliphatic heterocycles. The van der Waals surface area contributed by atoms with Crippen molar-refractivity contribution in [2.75, 3.05) is 13.7 Å². The summed E-state index contributed by atoms with van der Waals surface area (Å²) in [7, 11) is 1.71. The number of methoxy groups -OCH3 is 1. The first-order valence-electron chi connectivity index (χ1n) is 7.69. The van der Waals surface area contributed by atoms with Crippen molar-refractivity contribution in [2.24, 2.45) is 11.7 Å². The molecule has 3 nitrogen and oxygen atoms in total. The Hall–Kier alpha value is -1.68. The van der Waals surface area contributed by atoms with Crippen LogP contribution in [0.4, 0.5) is 0 Å². The van der Waals surface area contributed by atoms with Gasteiger partial charge in [0.1, 0.15) is 6.10 Å². The molecule has 2 aromatic carbocycles. The lowest BCUT2D eigenvalue weighted by Gasteiger charge is -2.40. The molecule has 1 fully saturated rings. The van der Waals surface area contributed by atoms with E-state index in [9.17, 15) is 0 Å². The quantitative estimate of drug-likeness (QED) is 0.946. The van der Waals surface area contributed by atoms with Crippen LogP contribution in [-0.2, 0) is 9.47 Å². The third-order valence-electron chi connectivity index (χ3n) is 4.56. The highest BCUT2D eigenvalue weighted by molar-refractivity contribution is 5.86. The number of ether oxygens (including phenoxy) is 2. The first kappa shape index (κ1) is 15.2. The summed E-state index contributed by atoms with van der Waals surface area (Å²) in [6.07, 6.45) is -0.210. The molecule has 0 radical (unpaired) electrons. The Morgan fingerprint density at radius 1 is 1.23 bits per heavy atom. The van der Waals surface area contributed by atoms with E-state index in [1.165, 1.54) is 10.8 Å². The van der Waals surface area contributed by atoms with Gasteiger partial charge in [-0.05, 0) is 28.0 Å². The van der Waals surface area contributed by atoms with Gasteiger partial charge in [-0.3, -0.25) is 0 Å². The van der Waals surface area contributed by atoms with Crippen molar-refractivity contribution < 1.29 is 9.47 Å². The number of hydrogen-bond acceptors (Lipinski definition) is 3. The fourth-order valence-corrected chi connectivity index (χ4v) is 3.29. The van der Waals surface area contributed by atoms with Crippen LogP contribution in [0, 0.1) is 5.92 Å². The molecule has 2 N–H and O–H groups in total. The Morgan fingerprint density at radius 3 is 2.68 bits per heavy atom. The Bertz CT molecular complexity index is 682. The van der Waals surface area contributed by atoms with E-state index in [4.69, 9.17) is 15.2 Å². The second-order valence-electron chi connectivity index (χ2n) is 6.10. The van der Waals surface area contributed by atoms with Gasteiger partial charge in [0.15, 0.2) is 0 Å². The van der Waals surface area contributed by atoms with Gasteiger partial charge in [0.2, 0.25) is 0 Å². The second-order valence-corrected chi connectivity index (χ2v) is 6.10. The minimum absolute atomic E-state index is 0.00374. The summed E-state index contributed by atoms with van der Waals surface area (Å²) in [6, 6.07) is 14.4. The molecular weight excluding hydrogens is 274 g/mol. The van der Waals surface area contributed by atoms with Crippen LogP contribution in [-0.4, -0.2) is 32.0 Å². The molecule has 0 aliphatic carbocycles. The fraction of sp³-hybridized carbons (Fsp3) is 0.368. The standard InChI is InChI=1S/C19H23NO2/c1-12-11-22-19(17(20)18(12)21-3)13(2)15-9-8-14-6-4-5-7-16(14)10-15/h4-10,12,17-19H,2,11,20H2,1,3H3/t12-,17+,18-,19-/m0/s1. The molecule has 1 saturated heterocycles. The summed E-state index contributed by atoms with van der Waals surface area (Å²) < 4.78 is 11.5. The van der Waals surface area contributed by atoms with E-state index in [0.717, 1.165) is 11.1 Å². The molecule has 0 bridgehead atoms. The molecule has 1 heterocycles. The minimum Gasteiger partial charge on any atom is -0.379 e. The molecule has 0 spiro atoms. The molecule has 0 unspecified atom stereocenters. The van der Waals surface area contributed by atoms with Crippen molar-refractivity contribution in [2.45, 2.75) is 25.2 Å². The maximum atomic E-state index is 6.36. The van der Waals surface area contributed by atoms with E-state index in [1.807, 2.05) is 12.1 Å². The summed E-state index contributed by atoms with van der Waals surface area (Å²) in [5, 5.41) is 2.42. The molecule has 0 amide bonds. The molecule has 22 heavy (non-hydrogen) atoms. The van der Waals surface area contributed by atoms with Crippen molar-refractivity contribution in [1.82, 2.24) is 0 Å². The normalized spacial score (nSPS) is 28.7. The lowest BCUT2D eigenvalue weighted by atomic mass is 9.86. The molecule has 3 rings (SSSR count). The predicted molar refractivity (Wildman–Crippen MR) is 90.7 cm³/mol. The summed E-state index contributed by atoms with van der Waals surface area (Å²) >= 11 is 0. The van der Waals surface area contributed by atoms with Crippen molar-refractivity contribution in [1.29, 1.82) is 0 Å². The molecule has 1 aliphatic rings. The SMILES string of the molecule is C=C(c1ccc2ccccc2c1)[C@@H]1OC[C@H](C)[C@H](OC)[C@H]1N. The van der Waals surface area contributed by atoms with Gasteiger partial charge in [0, 0.05) is 13.0 Å². The summed E-state index contributed by atoms with van der Waals surface area (Å²) in [4.78, 5) is 0. The second kappa shape index (κ2) is 6.21. The molecule has 3 heteroatoms. The fourth-order valence-electron chi connectivity index (χ4n) is 3.29. The minimum atomic E-state index is -0.206. The molecule has 0 saturated carbocycles. The molecule has 2 aromatic rings. The lowest BCUT2D eigenvalue weighted by molar-refractivity contribution is -0.0864. The summed E-state index contributed by atoms with van der Waals surface area (Å²) in [5.41, 5.74) is 8.36. The molecule has 116 valence electrons. The summed E-state index contributed by atoms with van der Waals surface area (Å²) in [5.74, 6) is 0.292. The first-order valence-corrected chi connectivity index (χ1v) is 7.69. The Balaban J connectivity index is 1.88. The average Bonchev–Trinajstić information content (AvgIpc) is 2.54. The van der Waals surface area contributed by atoms with Crippen LogP contribution in [0.15, 0.2) is 49.0 Å². The van der Waals surface area contributed by atoms with Crippen LogP contribution in [0.1, 0.15) is 12.5 Å². The van der Waals surface area contributed by atoms with Gasteiger partial charge in [-0.25, -0.2) is 0 Å². The maximum Gasteiger partial charge on any atom is 0.100 e. The highest BCUT2D eigenvalue weighted by Gasteiger charge is 2.37. The Labute approximate surface area is 131 Å². The number of hydrogen-bond donors (Lipinski definition) is 1. The van der Waals surface area contributed by atoms with E-state index in [0.29, 0.717) is 12.5 Å². The van der Waals surface area contributed by atoms with Crippen molar-refractivity contribution in [3.8, 4) is 0 Å². The number of nitrogens with two attached hydrogens (primary N) is 1. The lowest BCUT2D eigenvalue weighted by Crippen LogP contribution is -2.55. The van der Waals surface area contributed by atoms with Crippen molar-refractivity contribution in [3.63, 3.8) is 0 Å². The van der Waals surface area contributed by atoms with Gasteiger partial charge >= 0.3 is 0 Å². The molecule has 4 atom stereocenters. The van der Waals surface area contributed by atoms with E-state index < -0.39 is 0 Å². The number of benzene rings is 2. The third kappa shape index (κ3) is 2.68. The van der Waals surface area contributed by atoms with E-state index in [-0.39, 0.29) is 18.2 Å². The van der Waals surface area contributed by atoms with Gasteiger partial charge in [0.05, 0.1) is 18.8 Å². The highest BCUT2D eigenvalue weighted by Crippen LogP contribution is 2.30. The smallest absolute Gasteiger partial charge is 0.100 e. The highest BCUT2D eigenvalue weighted by atomic mass is 16.5. The van der Waals surface area contributed by atoms with Crippen LogP contribution < -0.4 is 5.73 Å². The molecule has 0 aromatic heterocycles.